The second-order valence-electron chi connectivity index (χ2n) is 6.69. The highest BCUT2D eigenvalue weighted by molar-refractivity contribution is 5.90. The van der Waals surface area contributed by atoms with Crippen LogP contribution in [0.3, 0.4) is 0 Å². The number of unbranched alkanes of at least 4 members (excludes halogenated alkanes) is 4. The summed E-state index contributed by atoms with van der Waals surface area (Å²) >= 11 is 0. The fourth-order valence-corrected chi connectivity index (χ4v) is 2.91. The molecule has 0 spiro atoms. The molecule has 0 radical (unpaired) electrons. The number of halogens is 1. The molecule has 0 saturated carbocycles. The van der Waals surface area contributed by atoms with Gasteiger partial charge in [-0.15, -0.1) is 0 Å². The van der Waals surface area contributed by atoms with E-state index in [-0.39, 0.29) is 11.8 Å². The highest BCUT2D eigenvalue weighted by atomic mass is 19.1. The summed E-state index contributed by atoms with van der Waals surface area (Å²) < 4.78 is 19.7. The Morgan fingerprint density at radius 3 is 2.27 bits per heavy atom. The Balaban J connectivity index is 2.00. The molecule has 2 aromatic carbocycles. The highest BCUT2D eigenvalue weighted by Gasteiger charge is 2.10. The molecule has 0 aliphatic carbocycles. The summed E-state index contributed by atoms with van der Waals surface area (Å²) in [6, 6.07) is 12.4. The molecule has 0 bridgehead atoms. The number of esters is 1. The van der Waals surface area contributed by atoms with Crippen LogP contribution in [-0.2, 0) is 11.2 Å². The van der Waals surface area contributed by atoms with Gasteiger partial charge < -0.3 is 4.74 Å². The Hall–Kier alpha value is -2.16. The van der Waals surface area contributed by atoms with Crippen molar-refractivity contribution in [3.05, 3.63) is 59.4 Å². The van der Waals surface area contributed by atoms with Gasteiger partial charge >= 0.3 is 5.97 Å². The van der Waals surface area contributed by atoms with Gasteiger partial charge in [0.15, 0.2) is 0 Å². The highest BCUT2D eigenvalue weighted by Crippen LogP contribution is 2.25. The van der Waals surface area contributed by atoms with Gasteiger partial charge in [0, 0.05) is 5.56 Å². The summed E-state index contributed by atoms with van der Waals surface area (Å²) in [5.41, 5.74) is 2.87. The first-order valence-corrected chi connectivity index (χ1v) is 9.71. The molecule has 0 unspecified atom stereocenters. The Labute approximate surface area is 156 Å². The lowest BCUT2D eigenvalue weighted by Crippen LogP contribution is -2.06. The van der Waals surface area contributed by atoms with Crippen molar-refractivity contribution in [3.8, 4) is 11.1 Å². The van der Waals surface area contributed by atoms with Crippen molar-refractivity contribution in [3.63, 3.8) is 0 Å². The molecule has 0 heterocycles. The molecule has 2 aromatic rings. The van der Waals surface area contributed by atoms with Gasteiger partial charge in [0.25, 0.3) is 0 Å². The van der Waals surface area contributed by atoms with Crippen molar-refractivity contribution >= 4 is 5.97 Å². The molecule has 0 fully saturated rings. The zero-order valence-electron chi connectivity index (χ0n) is 15.9. The third-order valence-electron chi connectivity index (χ3n) is 4.52. The Bertz CT molecular complexity index is 692. The summed E-state index contributed by atoms with van der Waals surface area (Å²) in [6.45, 7) is 4.72. The molecule has 26 heavy (non-hydrogen) atoms. The number of ether oxygens (including phenoxy) is 1. The van der Waals surface area contributed by atoms with E-state index in [1.165, 1.54) is 6.42 Å². The number of benzene rings is 2. The molecule has 0 N–H and O–H groups in total. The van der Waals surface area contributed by atoms with E-state index in [0.717, 1.165) is 49.7 Å². The van der Waals surface area contributed by atoms with Crippen molar-refractivity contribution in [2.45, 2.75) is 58.8 Å². The Morgan fingerprint density at radius 1 is 0.923 bits per heavy atom. The van der Waals surface area contributed by atoms with Gasteiger partial charge in [0.05, 0.1) is 12.2 Å². The minimum Gasteiger partial charge on any atom is -0.462 e. The number of hydrogen-bond acceptors (Lipinski definition) is 2. The molecule has 0 amide bonds. The number of rotatable bonds is 10. The molecule has 0 aliphatic heterocycles. The van der Waals surface area contributed by atoms with Gasteiger partial charge in [-0.25, -0.2) is 9.18 Å². The summed E-state index contributed by atoms with van der Waals surface area (Å²) in [4.78, 5) is 12.0. The van der Waals surface area contributed by atoms with Crippen LogP contribution in [0.2, 0.25) is 0 Å². The molecule has 3 heteroatoms. The third kappa shape index (κ3) is 5.98. The Kier molecular flexibility index (Phi) is 8.33. The summed E-state index contributed by atoms with van der Waals surface area (Å²) in [5, 5.41) is 0. The molecular weight excluding hydrogens is 327 g/mol. The SMILES string of the molecule is CCCCCOC(=O)c1ccc(-c2ccc(CCCCC)cc2F)cc1. The molecule has 2 rings (SSSR count). The van der Waals surface area contributed by atoms with Crippen LogP contribution in [0.5, 0.6) is 0 Å². The first-order chi connectivity index (χ1) is 12.7. The van der Waals surface area contributed by atoms with E-state index in [2.05, 4.69) is 13.8 Å². The average molecular weight is 356 g/mol. The van der Waals surface area contributed by atoms with Crippen molar-refractivity contribution in [2.75, 3.05) is 6.61 Å². The first-order valence-electron chi connectivity index (χ1n) is 9.71. The van der Waals surface area contributed by atoms with E-state index in [4.69, 9.17) is 4.74 Å². The maximum absolute atomic E-state index is 14.5. The van der Waals surface area contributed by atoms with Gasteiger partial charge in [-0.2, -0.15) is 0 Å². The van der Waals surface area contributed by atoms with Crippen LogP contribution in [0.15, 0.2) is 42.5 Å². The van der Waals surface area contributed by atoms with Gasteiger partial charge in [-0.1, -0.05) is 63.8 Å². The Morgan fingerprint density at radius 2 is 1.62 bits per heavy atom. The number of carbonyl (C=O) groups is 1. The maximum Gasteiger partial charge on any atom is 0.338 e. The smallest absolute Gasteiger partial charge is 0.338 e. The van der Waals surface area contributed by atoms with Crippen LogP contribution in [0.4, 0.5) is 4.39 Å². The standard InChI is InChI=1S/C23H29FO2/c1-3-5-7-9-18-10-15-21(22(24)17-18)19-11-13-20(14-12-19)23(25)26-16-8-6-4-2/h10-15,17H,3-9,16H2,1-2H3. The topological polar surface area (TPSA) is 26.3 Å². The minimum atomic E-state index is -0.320. The molecular formula is C23H29FO2. The van der Waals surface area contributed by atoms with Crippen LogP contribution in [-0.4, -0.2) is 12.6 Å². The number of aryl methyl sites for hydroxylation is 1. The molecule has 0 atom stereocenters. The van der Waals surface area contributed by atoms with Crippen molar-refractivity contribution < 1.29 is 13.9 Å². The fraction of sp³-hybridized carbons (Fsp3) is 0.435. The molecule has 0 saturated heterocycles. The molecule has 2 nitrogen and oxygen atoms in total. The largest absolute Gasteiger partial charge is 0.462 e. The lowest BCUT2D eigenvalue weighted by Gasteiger charge is -2.08. The summed E-state index contributed by atoms with van der Waals surface area (Å²) in [6.07, 6.45) is 7.36. The van der Waals surface area contributed by atoms with Crippen LogP contribution < -0.4 is 0 Å². The summed E-state index contributed by atoms with van der Waals surface area (Å²) in [7, 11) is 0. The zero-order valence-corrected chi connectivity index (χ0v) is 15.9. The average Bonchev–Trinajstić information content (AvgIpc) is 2.66. The predicted octanol–water partition coefficient (Wildman–Crippen LogP) is 6.57. The predicted molar refractivity (Wildman–Crippen MR) is 105 cm³/mol. The van der Waals surface area contributed by atoms with Gasteiger partial charge in [-0.05, 0) is 48.6 Å². The van der Waals surface area contributed by atoms with E-state index in [9.17, 15) is 9.18 Å². The normalized spacial score (nSPS) is 10.7. The van der Waals surface area contributed by atoms with Gasteiger partial charge in [0.2, 0.25) is 0 Å². The van der Waals surface area contributed by atoms with E-state index >= 15 is 0 Å². The van der Waals surface area contributed by atoms with Gasteiger partial charge in [0.1, 0.15) is 5.82 Å². The zero-order chi connectivity index (χ0) is 18.8. The van der Waals surface area contributed by atoms with Gasteiger partial charge in [-0.3, -0.25) is 0 Å². The third-order valence-corrected chi connectivity index (χ3v) is 4.52. The second kappa shape index (κ2) is 10.7. The monoisotopic (exact) mass is 356 g/mol. The van der Waals surface area contributed by atoms with E-state index < -0.39 is 0 Å². The van der Waals surface area contributed by atoms with Crippen molar-refractivity contribution in [2.24, 2.45) is 0 Å². The fourth-order valence-electron chi connectivity index (χ4n) is 2.91. The minimum absolute atomic E-state index is 0.214. The molecule has 140 valence electrons. The molecule has 0 aromatic heterocycles. The second-order valence-corrected chi connectivity index (χ2v) is 6.69. The summed E-state index contributed by atoms with van der Waals surface area (Å²) in [5.74, 6) is -0.534. The van der Waals surface area contributed by atoms with E-state index in [1.54, 1.807) is 30.3 Å². The number of hydrogen-bond donors (Lipinski definition) is 0. The number of carbonyl (C=O) groups excluding carboxylic acids is 1. The maximum atomic E-state index is 14.5. The molecule has 0 aliphatic rings. The quantitative estimate of drug-likeness (QED) is 0.355. The van der Waals surface area contributed by atoms with Crippen molar-refractivity contribution in [1.82, 2.24) is 0 Å². The van der Waals surface area contributed by atoms with Crippen molar-refractivity contribution in [1.29, 1.82) is 0 Å². The first kappa shape index (κ1) is 20.2. The van der Waals surface area contributed by atoms with Crippen LogP contribution in [0, 0.1) is 5.82 Å². The lowest BCUT2D eigenvalue weighted by atomic mass is 9.99. The van der Waals surface area contributed by atoms with Crippen LogP contribution >= 0.6 is 0 Å². The van der Waals surface area contributed by atoms with Crippen LogP contribution in [0.25, 0.3) is 11.1 Å². The van der Waals surface area contributed by atoms with Crippen LogP contribution in [0.1, 0.15) is 68.3 Å². The van der Waals surface area contributed by atoms with E-state index in [1.807, 2.05) is 12.1 Å². The van der Waals surface area contributed by atoms with E-state index in [0.29, 0.717) is 17.7 Å². The lowest BCUT2D eigenvalue weighted by molar-refractivity contribution is 0.0498.